The Hall–Kier alpha value is -2.52. The fourth-order valence-electron chi connectivity index (χ4n) is 3.03. The van der Waals surface area contributed by atoms with Crippen LogP contribution in [-0.4, -0.2) is 21.2 Å². The van der Waals surface area contributed by atoms with E-state index in [0.717, 1.165) is 36.7 Å². The fraction of sp³-hybridized carbons (Fsp3) is 0.250. The number of benzene rings is 2. The number of amides is 1. The summed E-state index contributed by atoms with van der Waals surface area (Å²) in [6, 6.07) is 10.2. The van der Waals surface area contributed by atoms with Crippen LogP contribution in [-0.2, 0) is 11.0 Å². The van der Waals surface area contributed by atoms with Crippen molar-refractivity contribution in [3.05, 3.63) is 63.4 Å². The summed E-state index contributed by atoms with van der Waals surface area (Å²) in [6.45, 7) is 0. The van der Waals surface area contributed by atoms with Gasteiger partial charge in [0.1, 0.15) is 0 Å². The van der Waals surface area contributed by atoms with Crippen LogP contribution in [0.4, 0.5) is 18.9 Å². The number of carbonyl (C=O) groups is 1. The number of rotatable bonds is 5. The van der Waals surface area contributed by atoms with Gasteiger partial charge in [0.05, 0.1) is 27.2 Å². The maximum absolute atomic E-state index is 13.0. The molecule has 4 rings (SSSR count). The van der Waals surface area contributed by atoms with Crippen molar-refractivity contribution in [2.75, 3.05) is 11.1 Å². The van der Waals surface area contributed by atoms with Gasteiger partial charge in [0.15, 0.2) is 5.16 Å². The molecule has 1 aromatic heterocycles. The largest absolute Gasteiger partial charge is 0.417 e. The highest BCUT2D eigenvalue weighted by Crippen LogP contribution is 2.37. The Morgan fingerprint density at radius 1 is 1.23 bits per heavy atom. The third-order valence-corrected chi connectivity index (χ3v) is 5.86. The monoisotopic (exact) mass is 453 g/mol. The average molecular weight is 454 g/mol. The number of para-hydroxylation sites is 1. The van der Waals surface area contributed by atoms with E-state index in [1.807, 2.05) is 0 Å². The summed E-state index contributed by atoms with van der Waals surface area (Å²) in [7, 11) is 0. The van der Waals surface area contributed by atoms with Gasteiger partial charge in [0, 0.05) is 11.7 Å². The molecule has 0 spiro atoms. The predicted molar refractivity (Wildman–Crippen MR) is 110 cm³/mol. The van der Waals surface area contributed by atoms with E-state index < -0.39 is 22.7 Å². The van der Waals surface area contributed by atoms with Crippen LogP contribution in [0.5, 0.6) is 0 Å². The standard InChI is InChI=1S/C20H15ClF3N3O2S/c21-15-8-5-11(9-14(15)20(22,23)24)25-17(28)10-30-19-26-16-4-2-1-3-13(16)18(29)27(19)12-6-7-12/h1-5,8-9,12H,6-7,10H2,(H,25,28). The number of carbonyl (C=O) groups excluding carboxylic acids is 1. The summed E-state index contributed by atoms with van der Waals surface area (Å²) < 4.78 is 40.6. The fourth-order valence-corrected chi connectivity index (χ4v) is 4.12. The molecule has 0 bridgehead atoms. The van der Waals surface area contributed by atoms with Gasteiger partial charge in [0.2, 0.25) is 5.91 Å². The summed E-state index contributed by atoms with van der Waals surface area (Å²) >= 11 is 6.67. The van der Waals surface area contributed by atoms with E-state index in [-0.39, 0.29) is 23.0 Å². The molecular formula is C20H15ClF3N3O2S. The molecule has 2 aromatic carbocycles. The Morgan fingerprint density at radius 2 is 1.97 bits per heavy atom. The van der Waals surface area contributed by atoms with Crippen molar-refractivity contribution >= 4 is 45.9 Å². The first-order valence-corrected chi connectivity index (χ1v) is 10.4. The maximum Gasteiger partial charge on any atom is 0.417 e. The highest BCUT2D eigenvalue weighted by atomic mass is 35.5. The molecule has 0 radical (unpaired) electrons. The number of anilines is 1. The Kier molecular flexibility index (Phi) is 5.50. The predicted octanol–water partition coefficient (Wildman–Crippen LogP) is 5.13. The number of nitrogens with one attached hydrogen (secondary N) is 1. The maximum atomic E-state index is 13.0. The molecule has 0 atom stereocenters. The number of hydrogen-bond donors (Lipinski definition) is 1. The molecule has 156 valence electrons. The van der Waals surface area contributed by atoms with Gasteiger partial charge in [-0.1, -0.05) is 35.5 Å². The van der Waals surface area contributed by atoms with Gasteiger partial charge in [-0.05, 0) is 43.2 Å². The number of hydrogen-bond acceptors (Lipinski definition) is 4. The minimum Gasteiger partial charge on any atom is -0.325 e. The Labute approximate surface area is 178 Å². The Balaban J connectivity index is 1.53. The third kappa shape index (κ3) is 4.32. The van der Waals surface area contributed by atoms with Gasteiger partial charge in [-0.15, -0.1) is 0 Å². The Bertz CT molecular complexity index is 1190. The third-order valence-electron chi connectivity index (χ3n) is 4.58. The molecule has 30 heavy (non-hydrogen) atoms. The zero-order valence-electron chi connectivity index (χ0n) is 15.4. The van der Waals surface area contributed by atoms with E-state index in [1.165, 1.54) is 6.07 Å². The van der Waals surface area contributed by atoms with Gasteiger partial charge in [-0.25, -0.2) is 4.98 Å². The lowest BCUT2D eigenvalue weighted by molar-refractivity contribution is -0.137. The van der Waals surface area contributed by atoms with Crippen molar-refractivity contribution in [3.8, 4) is 0 Å². The SMILES string of the molecule is O=C(CSc1nc2ccccc2c(=O)n1C1CC1)Nc1ccc(Cl)c(C(F)(F)F)c1. The molecule has 1 saturated carbocycles. The van der Waals surface area contributed by atoms with Gasteiger partial charge in [-0.2, -0.15) is 13.2 Å². The number of alkyl halides is 3. The molecule has 0 aliphatic heterocycles. The van der Waals surface area contributed by atoms with Crippen molar-refractivity contribution in [1.82, 2.24) is 9.55 Å². The van der Waals surface area contributed by atoms with Crippen LogP contribution in [0.15, 0.2) is 52.4 Å². The molecule has 1 aliphatic carbocycles. The van der Waals surface area contributed by atoms with Crippen LogP contribution in [0, 0.1) is 0 Å². The molecule has 1 amide bonds. The van der Waals surface area contributed by atoms with E-state index >= 15 is 0 Å². The molecule has 5 nitrogen and oxygen atoms in total. The number of nitrogens with zero attached hydrogens (tertiary/aromatic N) is 2. The molecule has 3 aromatic rings. The van der Waals surface area contributed by atoms with E-state index in [2.05, 4.69) is 10.3 Å². The Morgan fingerprint density at radius 3 is 2.67 bits per heavy atom. The first-order chi connectivity index (χ1) is 14.2. The van der Waals surface area contributed by atoms with E-state index in [4.69, 9.17) is 11.6 Å². The van der Waals surface area contributed by atoms with Gasteiger partial charge < -0.3 is 5.32 Å². The molecule has 10 heteroatoms. The van der Waals surface area contributed by atoms with Crippen molar-refractivity contribution in [2.45, 2.75) is 30.2 Å². The first-order valence-electron chi connectivity index (χ1n) is 9.05. The summed E-state index contributed by atoms with van der Waals surface area (Å²) in [5, 5.41) is 2.93. The van der Waals surface area contributed by atoms with Crippen LogP contribution in [0.3, 0.4) is 0 Å². The number of aromatic nitrogens is 2. The lowest BCUT2D eigenvalue weighted by Crippen LogP contribution is -2.23. The van der Waals surface area contributed by atoms with Crippen LogP contribution in [0.25, 0.3) is 10.9 Å². The molecule has 1 heterocycles. The minimum atomic E-state index is -4.62. The average Bonchev–Trinajstić information content (AvgIpc) is 3.52. The molecular weight excluding hydrogens is 439 g/mol. The first kappa shape index (κ1) is 20.7. The highest BCUT2D eigenvalue weighted by molar-refractivity contribution is 7.99. The van der Waals surface area contributed by atoms with Gasteiger partial charge >= 0.3 is 6.18 Å². The van der Waals surface area contributed by atoms with Crippen molar-refractivity contribution in [2.24, 2.45) is 0 Å². The van der Waals surface area contributed by atoms with Gasteiger partial charge in [-0.3, -0.25) is 14.2 Å². The molecule has 0 unspecified atom stereocenters. The van der Waals surface area contributed by atoms with Crippen molar-refractivity contribution < 1.29 is 18.0 Å². The summed E-state index contributed by atoms with van der Waals surface area (Å²) in [4.78, 5) is 29.6. The smallest absolute Gasteiger partial charge is 0.325 e. The number of halogens is 4. The van der Waals surface area contributed by atoms with Crippen molar-refractivity contribution in [1.29, 1.82) is 0 Å². The second-order valence-corrected chi connectivity index (χ2v) is 8.20. The van der Waals surface area contributed by atoms with E-state index in [0.29, 0.717) is 16.1 Å². The molecule has 0 saturated heterocycles. The summed E-state index contributed by atoms with van der Waals surface area (Å²) in [5.74, 6) is -0.623. The normalized spacial score (nSPS) is 14.1. The van der Waals surface area contributed by atoms with Crippen LogP contribution < -0.4 is 10.9 Å². The summed E-state index contributed by atoms with van der Waals surface area (Å²) in [6.07, 6.45) is -2.89. The molecule has 1 aliphatic rings. The number of thioether (sulfide) groups is 1. The van der Waals surface area contributed by atoms with E-state index in [9.17, 15) is 22.8 Å². The lowest BCUT2D eigenvalue weighted by Gasteiger charge is -2.13. The highest BCUT2D eigenvalue weighted by Gasteiger charge is 2.33. The van der Waals surface area contributed by atoms with Crippen LogP contribution in [0.1, 0.15) is 24.4 Å². The minimum absolute atomic E-state index is 0.0108. The lowest BCUT2D eigenvalue weighted by atomic mass is 10.2. The van der Waals surface area contributed by atoms with Gasteiger partial charge in [0.25, 0.3) is 5.56 Å². The van der Waals surface area contributed by atoms with E-state index in [1.54, 1.807) is 28.8 Å². The molecule has 1 N–H and O–H groups in total. The van der Waals surface area contributed by atoms with Crippen LogP contribution >= 0.6 is 23.4 Å². The van der Waals surface area contributed by atoms with Crippen molar-refractivity contribution in [3.63, 3.8) is 0 Å². The molecule has 1 fully saturated rings. The number of fused-ring (bicyclic) bond motifs is 1. The van der Waals surface area contributed by atoms with Crippen LogP contribution in [0.2, 0.25) is 5.02 Å². The second kappa shape index (κ2) is 7.96. The second-order valence-electron chi connectivity index (χ2n) is 6.85. The zero-order chi connectivity index (χ0) is 21.5. The quantitative estimate of drug-likeness (QED) is 0.429. The zero-order valence-corrected chi connectivity index (χ0v) is 16.9. The topological polar surface area (TPSA) is 64.0 Å². The summed E-state index contributed by atoms with van der Waals surface area (Å²) in [5.41, 5.74) is -0.648.